The van der Waals surface area contributed by atoms with Crippen LogP contribution in [-0.4, -0.2) is 6.04 Å². The fourth-order valence-corrected chi connectivity index (χ4v) is 4.70. The van der Waals surface area contributed by atoms with Crippen LogP contribution < -0.4 is 5.32 Å². The van der Waals surface area contributed by atoms with Crippen LogP contribution >= 0.6 is 0 Å². The van der Waals surface area contributed by atoms with Crippen molar-refractivity contribution in [2.75, 3.05) is 0 Å². The Morgan fingerprint density at radius 2 is 2.00 bits per heavy atom. The zero-order chi connectivity index (χ0) is 14.5. The second-order valence-electron chi connectivity index (χ2n) is 7.46. The van der Waals surface area contributed by atoms with Gasteiger partial charge in [0.1, 0.15) is 11.6 Å². The fourth-order valence-electron chi connectivity index (χ4n) is 4.70. The van der Waals surface area contributed by atoms with Crippen LogP contribution in [0.4, 0.5) is 8.78 Å². The lowest BCUT2D eigenvalue weighted by Gasteiger charge is -2.43. The molecule has 3 rings (SSSR count). The molecule has 0 saturated heterocycles. The second-order valence-corrected chi connectivity index (χ2v) is 7.46. The maximum absolute atomic E-state index is 13.7. The lowest BCUT2D eigenvalue weighted by molar-refractivity contribution is 0.107. The van der Waals surface area contributed by atoms with Gasteiger partial charge in [0.15, 0.2) is 0 Å². The molecule has 3 atom stereocenters. The maximum Gasteiger partial charge on any atom is 0.127 e. The highest BCUT2D eigenvalue weighted by Gasteiger charge is 2.58. The maximum atomic E-state index is 13.7. The summed E-state index contributed by atoms with van der Waals surface area (Å²) >= 11 is 0. The first-order chi connectivity index (χ1) is 9.33. The van der Waals surface area contributed by atoms with Crippen molar-refractivity contribution in [3.05, 3.63) is 35.4 Å². The van der Waals surface area contributed by atoms with E-state index in [1.54, 1.807) is 0 Å². The minimum atomic E-state index is -0.374. The van der Waals surface area contributed by atoms with Crippen LogP contribution in [0.3, 0.4) is 0 Å². The number of hydrogen-bond donors (Lipinski definition) is 1. The predicted octanol–water partition coefficient (Wildman–Crippen LogP) is 4.27. The van der Waals surface area contributed by atoms with Crippen LogP contribution in [0.25, 0.3) is 0 Å². The number of halogens is 2. The Morgan fingerprint density at radius 3 is 2.65 bits per heavy atom. The van der Waals surface area contributed by atoms with Gasteiger partial charge < -0.3 is 5.32 Å². The van der Waals surface area contributed by atoms with Crippen LogP contribution in [-0.2, 0) is 6.54 Å². The number of fused-ring (bicyclic) bond motifs is 2. The Kier molecular flexibility index (Phi) is 3.16. The van der Waals surface area contributed by atoms with Crippen LogP contribution in [0.15, 0.2) is 18.2 Å². The van der Waals surface area contributed by atoms with Gasteiger partial charge in [0.05, 0.1) is 0 Å². The molecule has 3 heteroatoms. The number of rotatable bonds is 3. The van der Waals surface area contributed by atoms with Crippen molar-refractivity contribution in [1.29, 1.82) is 0 Å². The highest BCUT2D eigenvalue weighted by molar-refractivity contribution is 5.20. The van der Waals surface area contributed by atoms with Crippen molar-refractivity contribution in [1.82, 2.24) is 5.32 Å². The van der Waals surface area contributed by atoms with E-state index in [4.69, 9.17) is 0 Å². The van der Waals surface area contributed by atoms with E-state index in [1.807, 2.05) is 0 Å². The number of hydrogen-bond acceptors (Lipinski definition) is 1. The molecule has 1 aromatic carbocycles. The largest absolute Gasteiger partial charge is 0.309 e. The minimum Gasteiger partial charge on any atom is -0.309 e. The molecule has 1 unspecified atom stereocenters. The monoisotopic (exact) mass is 279 g/mol. The van der Waals surface area contributed by atoms with Crippen molar-refractivity contribution >= 4 is 0 Å². The van der Waals surface area contributed by atoms with Gasteiger partial charge in [0.2, 0.25) is 0 Å². The van der Waals surface area contributed by atoms with Gasteiger partial charge in [0, 0.05) is 18.2 Å². The Bertz CT molecular complexity index is 521. The lowest BCUT2D eigenvalue weighted by atomic mass is 9.68. The van der Waals surface area contributed by atoms with Crippen LogP contribution in [0, 0.1) is 28.4 Å². The quantitative estimate of drug-likeness (QED) is 0.871. The van der Waals surface area contributed by atoms with E-state index < -0.39 is 0 Å². The van der Waals surface area contributed by atoms with Gasteiger partial charge in [-0.1, -0.05) is 20.8 Å². The first kappa shape index (κ1) is 14.0. The molecule has 2 bridgehead atoms. The number of benzene rings is 1. The van der Waals surface area contributed by atoms with Gasteiger partial charge in [-0.15, -0.1) is 0 Å². The molecule has 20 heavy (non-hydrogen) atoms. The van der Waals surface area contributed by atoms with Crippen molar-refractivity contribution in [3.63, 3.8) is 0 Å². The summed E-state index contributed by atoms with van der Waals surface area (Å²) in [6, 6.07) is 4.04. The second kappa shape index (κ2) is 4.52. The molecule has 0 heterocycles. The van der Waals surface area contributed by atoms with Crippen molar-refractivity contribution in [2.24, 2.45) is 16.7 Å². The summed E-state index contributed by atoms with van der Waals surface area (Å²) in [5.41, 5.74) is 0.960. The summed E-state index contributed by atoms with van der Waals surface area (Å²) in [6.45, 7) is 7.35. The molecule has 2 aliphatic carbocycles. The molecule has 2 aliphatic rings. The Balaban J connectivity index is 1.77. The van der Waals surface area contributed by atoms with Gasteiger partial charge >= 0.3 is 0 Å². The van der Waals surface area contributed by atoms with E-state index in [2.05, 4.69) is 26.1 Å². The third-order valence-corrected chi connectivity index (χ3v) is 5.77. The minimum absolute atomic E-state index is 0.233. The topological polar surface area (TPSA) is 12.0 Å². The molecule has 2 fully saturated rings. The van der Waals surface area contributed by atoms with E-state index in [-0.39, 0.29) is 17.0 Å². The fraction of sp³-hybridized carbons (Fsp3) is 0.647. The zero-order valence-corrected chi connectivity index (χ0v) is 12.5. The van der Waals surface area contributed by atoms with Crippen LogP contribution in [0.2, 0.25) is 0 Å². The Labute approximate surface area is 119 Å². The molecule has 0 spiro atoms. The molecule has 0 aliphatic heterocycles. The molecule has 2 saturated carbocycles. The van der Waals surface area contributed by atoms with Gasteiger partial charge in [-0.25, -0.2) is 8.78 Å². The van der Waals surface area contributed by atoms with Crippen LogP contribution in [0.5, 0.6) is 0 Å². The number of nitrogens with one attached hydrogen (secondary N) is 1. The van der Waals surface area contributed by atoms with E-state index in [1.165, 1.54) is 37.5 Å². The highest BCUT2D eigenvalue weighted by atomic mass is 19.1. The molecule has 0 radical (unpaired) electrons. The Morgan fingerprint density at radius 1 is 1.25 bits per heavy atom. The van der Waals surface area contributed by atoms with Gasteiger partial charge in [-0.05, 0) is 54.2 Å². The van der Waals surface area contributed by atoms with Crippen molar-refractivity contribution in [2.45, 2.75) is 52.6 Å². The molecular formula is C17H23F2N. The third-order valence-electron chi connectivity index (χ3n) is 5.77. The highest BCUT2D eigenvalue weighted by Crippen LogP contribution is 2.62. The molecule has 0 amide bonds. The van der Waals surface area contributed by atoms with Gasteiger partial charge in [-0.3, -0.25) is 0 Å². The smallest absolute Gasteiger partial charge is 0.127 e. The summed E-state index contributed by atoms with van der Waals surface area (Å²) in [4.78, 5) is 0. The lowest BCUT2D eigenvalue weighted by Crippen LogP contribution is -2.50. The van der Waals surface area contributed by atoms with E-state index in [0.29, 0.717) is 23.6 Å². The van der Waals surface area contributed by atoms with E-state index in [0.717, 1.165) is 5.92 Å². The molecular weight excluding hydrogens is 256 g/mol. The van der Waals surface area contributed by atoms with E-state index in [9.17, 15) is 8.78 Å². The van der Waals surface area contributed by atoms with E-state index >= 15 is 0 Å². The predicted molar refractivity (Wildman–Crippen MR) is 76.2 cm³/mol. The average molecular weight is 279 g/mol. The Hall–Kier alpha value is -0.960. The average Bonchev–Trinajstić information content (AvgIpc) is 2.84. The normalized spacial score (nSPS) is 34.6. The molecule has 1 aromatic rings. The molecule has 1 nitrogen and oxygen atoms in total. The van der Waals surface area contributed by atoms with Gasteiger partial charge in [-0.2, -0.15) is 0 Å². The SMILES string of the molecule is CC1(C)C(NCc2cc(F)ccc2F)[C@]2(C)CC[C@H]1C2. The first-order valence-electron chi connectivity index (χ1n) is 7.50. The van der Waals surface area contributed by atoms with Crippen LogP contribution in [0.1, 0.15) is 45.6 Å². The summed E-state index contributed by atoms with van der Waals surface area (Å²) in [5.74, 6) is 0.0500. The summed E-state index contributed by atoms with van der Waals surface area (Å²) in [7, 11) is 0. The zero-order valence-electron chi connectivity index (χ0n) is 12.5. The van der Waals surface area contributed by atoms with Crippen molar-refractivity contribution < 1.29 is 8.78 Å². The molecule has 0 aromatic heterocycles. The molecule has 1 N–H and O–H groups in total. The summed E-state index contributed by atoms with van der Waals surface area (Å²) < 4.78 is 26.9. The van der Waals surface area contributed by atoms with Crippen molar-refractivity contribution in [3.8, 4) is 0 Å². The van der Waals surface area contributed by atoms with Gasteiger partial charge in [0.25, 0.3) is 0 Å². The first-order valence-corrected chi connectivity index (χ1v) is 7.50. The molecule has 110 valence electrons. The standard InChI is InChI=1S/C17H23F2N/c1-16(2)12-6-7-17(3,9-12)15(16)20-10-11-8-13(18)4-5-14(11)19/h4-5,8,12,15,20H,6-7,9-10H2,1-3H3/t12-,15?,17+/m0/s1. The summed E-state index contributed by atoms with van der Waals surface area (Å²) in [6.07, 6.45) is 3.80. The third kappa shape index (κ3) is 2.07. The summed E-state index contributed by atoms with van der Waals surface area (Å²) in [5, 5.41) is 3.52.